The lowest BCUT2D eigenvalue weighted by Crippen LogP contribution is -2.15. The molecule has 0 aliphatic rings. The van der Waals surface area contributed by atoms with Crippen LogP contribution in [0.3, 0.4) is 0 Å². The average Bonchev–Trinajstić information content (AvgIpc) is 2.61. The Bertz CT molecular complexity index is 956. The van der Waals surface area contributed by atoms with Crippen LogP contribution in [0.15, 0.2) is 65.6 Å². The third kappa shape index (κ3) is 3.97. The van der Waals surface area contributed by atoms with Crippen LogP contribution >= 0.6 is 11.8 Å². The Morgan fingerprint density at radius 2 is 1.84 bits per heavy atom. The average molecular weight is 352 g/mol. The van der Waals surface area contributed by atoms with Crippen molar-refractivity contribution in [2.75, 3.05) is 11.1 Å². The summed E-state index contributed by atoms with van der Waals surface area (Å²) in [5.41, 5.74) is 0.926. The highest BCUT2D eigenvalue weighted by atomic mass is 32.2. The van der Waals surface area contributed by atoms with Gasteiger partial charge in [0.2, 0.25) is 5.91 Å². The summed E-state index contributed by atoms with van der Waals surface area (Å²) in [5, 5.41) is 16.0. The standard InChI is InChI=1S/C19H16N2O3S/c1-13-17(7-4-8-18(13)21(23)24)20-19(22)12-25-16-10-9-14-5-2-3-6-15(14)11-16/h2-11H,12H2,1H3,(H,20,22). The molecule has 5 nitrogen and oxygen atoms in total. The number of nitrogens with one attached hydrogen (secondary N) is 1. The molecule has 0 spiro atoms. The number of nitro groups is 1. The van der Waals surface area contributed by atoms with Gasteiger partial charge in [-0.15, -0.1) is 11.8 Å². The van der Waals surface area contributed by atoms with Crippen molar-refractivity contribution >= 4 is 39.8 Å². The molecule has 0 atom stereocenters. The fraction of sp³-hybridized carbons (Fsp3) is 0.105. The molecule has 1 amide bonds. The summed E-state index contributed by atoms with van der Waals surface area (Å²) in [4.78, 5) is 23.7. The Kier molecular flexibility index (Phi) is 5.00. The molecule has 0 aliphatic carbocycles. The minimum atomic E-state index is -0.450. The molecule has 6 heteroatoms. The maximum atomic E-state index is 12.2. The van der Waals surface area contributed by atoms with Crippen LogP contribution in [0.5, 0.6) is 0 Å². The summed E-state index contributed by atoms with van der Waals surface area (Å²) in [6.45, 7) is 1.63. The number of nitro benzene ring substituents is 1. The number of carbonyl (C=O) groups excluding carboxylic acids is 1. The second kappa shape index (κ2) is 7.36. The largest absolute Gasteiger partial charge is 0.325 e. The number of benzene rings is 3. The van der Waals surface area contributed by atoms with Crippen LogP contribution in [0.2, 0.25) is 0 Å². The van der Waals surface area contributed by atoms with E-state index in [0.29, 0.717) is 11.3 Å². The number of hydrogen-bond donors (Lipinski definition) is 1. The highest BCUT2D eigenvalue weighted by Crippen LogP contribution is 2.26. The highest BCUT2D eigenvalue weighted by molar-refractivity contribution is 8.00. The number of carbonyl (C=O) groups is 1. The van der Waals surface area contributed by atoms with Gasteiger partial charge in [0.1, 0.15) is 0 Å². The molecule has 0 aromatic heterocycles. The zero-order valence-corrected chi connectivity index (χ0v) is 14.4. The Balaban J connectivity index is 1.66. The Labute approximate surface area is 149 Å². The lowest BCUT2D eigenvalue weighted by Gasteiger charge is -2.09. The van der Waals surface area contributed by atoms with E-state index < -0.39 is 4.92 Å². The summed E-state index contributed by atoms with van der Waals surface area (Å²) in [7, 11) is 0. The molecule has 1 N–H and O–H groups in total. The van der Waals surface area contributed by atoms with Gasteiger partial charge in [-0.25, -0.2) is 0 Å². The third-order valence-corrected chi connectivity index (χ3v) is 4.86. The fourth-order valence-electron chi connectivity index (χ4n) is 2.55. The van der Waals surface area contributed by atoms with Gasteiger partial charge in [0.25, 0.3) is 5.69 Å². The summed E-state index contributed by atoms with van der Waals surface area (Å²) in [6.07, 6.45) is 0. The van der Waals surface area contributed by atoms with Gasteiger partial charge in [-0.3, -0.25) is 14.9 Å². The minimum Gasteiger partial charge on any atom is -0.325 e. The van der Waals surface area contributed by atoms with Gasteiger partial charge in [0.15, 0.2) is 0 Å². The van der Waals surface area contributed by atoms with Crippen molar-refractivity contribution in [2.45, 2.75) is 11.8 Å². The molecule has 25 heavy (non-hydrogen) atoms. The van der Waals surface area contributed by atoms with Crippen molar-refractivity contribution in [3.8, 4) is 0 Å². The van der Waals surface area contributed by atoms with Crippen LogP contribution in [0.1, 0.15) is 5.56 Å². The van der Waals surface area contributed by atoms with Gasteiger partial charge in [0.05, 0.1) is 21.9 Å². The molecule has 126 valence electrons. The first-order chi connectivity index (χ1) is 12.0. The monoisotopic (exact) mass is 352 g/mol. The second-order valence-corrected chi connectivity index (χ2v) is 6.60. The molecular formula is C19H16N2O3S. The summed E-state index contributed by atoms with van der Waals surface area (Å²) < 4.78 is 0. The topological polar surface area (TPSA) is 72.2 Å². The second-order valence-electron chi connectivity index (χ2n) is 5.55. The van der Waals surface area contributed by atoms with Gasteiger partial charge in [0, 0.05) is 11.0 Å². The molecule has 0 fully saturated rings. The molecule has 0 unspecified atom stereocenters. The van der Waals surface area contributed by atoms with Crippen LogP contribution in [-0.2, 0) is 4.79 Å². The zero-order valence-electron chi connectivity index (χ0n) is 13.6. The van der Waals surface area contributed by atoms with Crippen LogP contribution in [-0.4, -0.2) is 16.6 Å². The molecule has 3 aromatic carbocycles. The molecule has 0 aliphatic heterocycles. The normalized spacial score (nSPS) is 10.6. The first-order valence-electron chi connectivity index (χ1n) is 7.70. The number of hydrogen-bond acceptors (Lipinski definition) is 4. The van der Waals surface area contributed by atoms with Gasteiger partial charge in [-0.05, 0) is 35.9 Å². The van der Waals surface area contributed by atoms with Crippen molar-refractivity contribution in [3.05, 3.63) is 76.3 Å². The number of rotatable bonds is 5. The Hall–Kier alpha value is -2.86. The van der Waals surface area contributed by atoms with E-state index in [4.69, 9.17) is 0 Å². The van der Waals surface area contributed by atoms with Crippen LogP contribution < -0.4 is 5.32 Å². The number of anilines is 1. The van der Waals surface area contributed by atoms with Crippen molar-refractivity contribution < 1.29 is 9.72 Å². The van der Waals surface area contributed by atoms with E-state index in [1.54, 1.807) is 19.1 Å². The Morgan fingerprint density at radius 3 is 2.60 bits per heavy atom. The van der Waals surface area contributed by atoms with Gasteiger partial charge >= 0.3 is 0 Å². The van der Waals surface area contributed by atoms with E-state index in [2.05, 4.69) is 5.32 Å². The van der Waals surface area contributed by atoms with Crippen molar-refractivity contribution in [2.24, 2.45) is 0 Å². The Morgan fingerprint density at radius 1 is 1.08 bits per heavy atom. The number of fused-ring (bicyclic) bond motifs is 1. The van der Waals surface area contributed by atoms with E-state index in [9.17, 15) is 14.9 Å². The van der Waals surface area contributed by atoms with E-state index in [0.717, 1.165) is 15.7 Å². The number of amides is 1. The summed E-state index contributed by atoms with van der Waals surface area (Å²) >= 11 is 1.43. The quantitative estimate of drug-likeness (QED) is 0.407. The van der Waals surface area contributed by atoms with Crippen molar-refractivity contribution in [1.82, 2.24) is 0 Å². The number of nitrogens with zero attached hydrogens (tertiary/aromatic N) is 1. The predicted octanol–water partition coefficient (Wildman–Crippen LogP) is 4.79. The molecule has 3 aromatic rings. The first kappa shape index (κ1) is 17.0. The summed E-state index contributed by atoms with van der Waals surface area (Å²) in [6, 6.07) is 18.8. The molecule has 0 saturated carbocycles. The van der Waals surface area contributed by atoms with Crippen molar-refractivity contribution in [1.29, 1.82) is 0 Å². The molecule has 0 bridgehead atoms. The van der Waals surface area contributed by atoms with Crippen LogP contribution in [0.25, 0.3) is 10.8 Å². The smallest absolute Gasteiger partial charge is 0.274 e. The molecule has 0 radical (unpaired) electrons. The van der Waals surface area contributed by atoms with Crippen molar-refractivity contribution in [3.63, 3.8) is 0 Å². The maximum Gasteiger partial charge on any atom is 0.274 e. The summed E-state index contributed by atoms with van der Waals surface area (Å²) in [5.74, 6) is 0.0438. The molecule has 0 heterocycles. The van der Waals surface area contributed by atoms with E-state index >= 15 is 0 Å². The predicted molar refractivity (Wildman–Crippen MR) is 101 cm³/mol. The molecule has 3 rings (SSSR count). The third-order valence-electron chi connectivity index (χ3n) is 3.87. The van der Waals surface area contributed by atoms with Gasteiger partial charge in [-0.2, -0.15) is 0 Å². The van der Waals surface area contributed by atoms with Gasteiger partial charge in [-0.1, -0.05) is 36.4 Å². The highest BCUT2D eigenvalue weighted by Gasteiger charge is 2.14. The van der Waals surface area contributed by atoms with Crippen LogP contribution in [0.4, 0.5) is 11.4 Å². The van der Waals surface area contributed by atoms with E-state index in [1.807, 2.05) is 42.5 Å². The maximum absolute atomic E-state index is 12.2. The van der Waals surface area contributed by atoms with Gasteiger partial charge < -0.3 is 5.32 Å². The van der Waals surface area contributed by atoms with E-state index in [1.165, 1.54) is 17.8 Å². The minimum absolute atomic E-state index is 0.0000164. The number of thioether (sulfide) groups is 1. The lowest BCUT2D eigenvalue weighted by molar-refractivity contribution is -0.385. The molecule has 0 saturated heterocycles. The van der Waals surface area contributed by atoms with Crippen LogP contribution in [0, 0.1) is 17.0 Å². The lowest BCUT2D eigenvalue weighted by atomic mass is 10.1. The zero-order chi connectivity index (χ0) is 17.8. The fourth-order valence-corrected chi connectivity index (χ4v) is 3.29. The SMILES string of the molecule is Cc1c(NC(=O)CSc2ccc3ccccc3c2)cccc1[N+](=O)[O-]. The van der Waals surface area contributed by atoms with E-state index in [-0.39, 0.29) is 17.3 Å². The first-order valence-corrected chi connectivity index (χ1v) is 8.68. The molecular weight excluding hydrogens is 336 g/mol.